The predicted octanol–water partition coefficient (Wildman–Crippen LogP) is 2.33. The minimum Gasteiger partial charge on any atom is -0.481 e. The second kappa shape index (κ2) is 6.33. The predicted molar refractivity (Wildman–Crippen MR) is 71.2 cm³/mol. The average molecular weight is 276 g/mol. The molecule has 0 heterocycles. The Balaban J connectivity index is 0.000000444. The van der Waals surface area contributed by atoms with Crippen LogP contribution in [0.3, 0.4) is 0 Å². The van der Waals surface area contributed by atoms with Gasteiger partial charge in [-0.25, -0.2) is 9.59 Å². The molecule has 0 saturated heterocycles. The molecule has 2 aromatic rings. The summed E-state index contributed by atoms with van der Waals surface area (Å²) < 4.78 is 0. The lowest BCUT2D eigenvalue weighted by atomic mass is 9.99. The van der Waals surface area contributed by atoms with Gasteiger partial charge in [0.2, 0.25) is 0 Å². The average Bonchev–Trinajstić information content (AvgIpc) is 2.36. The molecule has 0 fully saturated rings. The highest BCUT2D eigenvalue weighted by molar-refractivity contribution is 6.11. The normalized spacial score (nSPS) is 9.45. The number of aromatic carboxylic acids is 2. The zero-order chi connectivity index (χ0) is 15.3. The second-order valence-electron chi connectivity index (χ2n) is 3.84. The van der Waals surface area contributed by atoms with Crippen molar-refractivity contribution in [3.63, 3.8) is 0 Å². The van der Waals surface area contributed by atoms with Crippen molar-refractivity contribution >= 4 is 28.7 Å². The zero-order valence-corrected chi connectivity index (χ0v) is 10.5. The van der Waals surface area contributed by atoms with E-state index >= 15 is 0 Å². The van der Waals surface area contributed by atoms with Crippen LogP contribution in [0.5, 0.6) is 0 Å². The van der Waals surface area contributed by atoms with Crippen LogP contribution in [0, 0.1) is 0 Å². The molecule has 6 nitrogen and oxygen atoms in total. The van der Waals surface area contributed by atoms with Crippen molar-refractivity contribution in [2.24, 2.45) is 0 Å². The monoisotopic (exact) mass is 276 g/mol. The number of carboxylic acids is 3. The van der Waals surface area contributed by atoms with E-state index in [-0.39, 0.29) is 11.1 Å². The highest BCUT2D eigenvalue weighted by Gasteiger charge is 2.18. The van der Waals surface area contributed by atoms with Crippen LogP contribution in [0.15, 0.2) is 36.4 Å². The fraction of sp³-hybridized carbons (Fsp3) is 0.0714. The van der Waals surface area contributed by atoms with E-state index in [1.807, 2.05) is 0 Å². The first-order valence-corrected chi connectivity index (χ1v) is 5.52. The van der Waals surface area contributed by atoms with Crippen molar-refractivity contribution in [1.29, 1.82) is 0 Å². The molecule has 0 unspecified atom stereocenters. The summed E-state index contributed by atoms with van der Waals surface area (Å²) in [6.45, 7) is 1.08. The molecule has 0 radical (unpaired) electrons. The number of benzene rings is 2. The number of hydrogen-bond donors (Lipinski definition) is 3. The van der Waals surface area contributed by atoms with E-state index in [1.54, 1.807) is 30.3 Å². The largest absolute Gasteiger partial charge is 0.481 e. The lowest BCUT2D eigenvalue weighted by molar-refractivity contribution is -0.134. The molecule has 3 N–H and O–H groups in total. The van der Waals surface area contributed by atoms with Crippen molar-refractivity contribution in [1.82, 2.24) is 0 Å². The first-order chi connectivity index (χ1) is 9.34. The minimum absolute atomic E-state index is 0.161. The summed E-state index contributed by atoms with van der Waals surface area (Å²) in [7, 11) is 0. The first kappa shape index (κ1) is 15.2. The van der Waals surface area contributed by atoms with Gasteiger partial charge in [0.05, 0.1) is 11.1 Å². The van der Waals surface area contributed by atoms with Crippen LogP contribution in [0.2, 0.25) is 0 Å². The third-order valence-electron chi connectivity index (χ3n) is 2.37. The smallest absolute Gasteiger partial charge is 0.337 e. The van der Waals surface area contributed by atoms with Gasteiger partial charge in [0, 0.05) is 6.92 Å². The molecule has 104 valence electrons. The maximum absolute atomic E-state index is 11.1. The van der Waals surface area contributed by atoms with Crippen LogP contribution in [0.1, 0.15) is 27.6 Å². The summed E-state index contributed by atoms with van der Waals surface area (Å²) in [5.74, 6) is -3.29. The van der Waals surface area contributed by atoms with Gasteiger partial charge in [-0.05, 0) is 16.8 Å². The number of carbonyl (C=O) groups is 3. The molecular formula is C14H12O6. The van der Waals surface area contributed by atoms with E-state index in [1.165, 1.54) is 6.07 Å². The molecule has 0 aliphatic rings. The summed E-state index contributed by atoms with van der Waals surface area (Å²) in [6.07, 6.45) is 0. The van der Waals surface area contributed by atoms with Crippen LogP contribution < -0.4 is 0 Å². The Labute approximate surface area is 113 Å². The number of rotatable bonds is 2. The molecule has 0 aromatic heterocycles. The second-order valence-corrected chi connectivity index (χ2v) is 3.84. The Morgan fingerprint density at radius 2 is 1.40 bits per heavy atom. The molecule has 0 saturated carbocycles. The topological polar surface area (TPSA) is 112 Å². The molecule has 0 spiro atoms. The van der Waals surface area contributed by atoms with Gasteiger partial charge < -0.3 is 15.3 Å². The van der Waals surface area contributed by atoms with Gasteiger partial charge in [-0.3, -0.25) is 4.79 Å². The van der Waals surface area contributed by atoms with E-state index in [0.29, 0.717) is 10.8 Å². The summed E-state index contributed by atoms with van der Waals surface area (Å²) in [4.78, 5) is 31.0. The van der Waals surface area contributed by atoms with Gasteiger partial charge in [0.1, 0.15) is 0 Å². The van der Waals surface area contributed by atoms with E-state index in [0.717, 1.165) is 6.92 Å². The summed E-state index contributed by atoms with van der Waals surface area (Å²) in [5.41, 5.74) is -0.350. The zero-order valence-electron chi connectivity index (χ0n) is 10.5. The summed E-state index contributed by atoms with van der Waals surface area (Å²) in [5, 5.41) is 26.5. The van der Waals surface area contributed by atoms with Gasteiger partial charge in [-0.1, -0.05) is 30.3 Å². The van der Waals surface area contributed by atoms with Crippen molar-refractivity contribution in [3.8, 4) is 0 Å². The lowest BCUT2D eigenvalue weighted by Crippen LogP contribution is -2.08. The van der Waals surface area contributed by atoms with Gasteiger partial charge >= 0.3 is 11.9 Å². The molecule has 2 aromatic carbocycles. The fourth-order valence-corrected chi connectivity index (χ4v) is 1.68. The van der Waals surface area contributed by atoms with Gasteiger partial charge in [0.15, 0.2) is 0 Å². The molecule has 6 heteroatoms. The van der Waals surface area contributed by atoms with Crippen molar-refractivity contribution in [3.05, 3.63) is 47.5 Å². The number of aliphatic carboxylic acids is 1. The van der Waals surface area contributed by atoms with E-state index < -0.39 is 17.9 Å². The van der Waals surface area contributed by atoms with E-state index in [2.05, 4.69) is 0 Å². The van der Waals surface area contributed by atoms with Crippen LogP contribution in [0.25, 0.3) is 10.8 Å². The quantitative estimate of drug-likeness (QED) is 0.776. The van der Waals surface area contributed by atoms with Crippen LogP contribution >= 0.6 is 0 Å². The summed E-state index contributed by atoms with van der Waals surface area (Å²) in [6, 6.07) is 9.72. The first-order valence-electron chi connectivity index (χ1n) is 5.52. The number of carboxylic acid groups (broad SMARTS) is 3. The third kappa shape index (κ3) is 3.55. The van der Waals surface area contributed by atoms with Crippen LogP contribution in [-0.2, 0) is 4.79 Å². The Bertz CT molecular complexity index is 670. The molecule has 2 rings (SSSR count). The molecule has 0 aliphatic heterocycles. The fourth-order valence-electron chi connectivity index (χ4n) is 1.68. The molecule has 0 aliphatic carbocycles. The van der Waals surface area contributed by atoms with Crippen LogP contribution in [-0.4, -0.2) is 33.2 Å². The van der Waals surface area contributed by atoms with E-state index in [9.17, 15) is 9.59 Å². The maximum atomic E-state index is 11.1. The Morgan fingerprint density at radius 3 is 1.90 bits per heavy atom. The van der Waals surface area contributed by atoms with Gasteiger partial charge in [-0.15, -0.1) is 0 Å². The Morgan fingerprint density at radius 1 is 0.850 bits per heavy atom. The highest BCUT2D eigenvalue weighted by atomic mass is 16.4. The molecular weight excluding hydrogens is 264 g/mol. The van der Waals surface area contributed by atoms with Crippen molar-refractivity contribution in [2.75, 3.05) is 0 Å². The minimum atomic E-state index is -1.23. The number of fused-ring (bicyclic) bond motifs is 1. The van der Waals surface area contributed by atoms with Crippen molar-refractivity contribution in [2.45, 2.75) is 6.92 Å². The highest BCUT2D eigenvalue weighted by Crippen LogP contribution is 2.22. The van der Waals surface area contributed by atoms with Gasteiger partial charge in [-0.2, -0.15) is 0 Å². The standard InChI is InChI=1S/C12H8O4.C2H4O2/c13-11(14)9-6-5-7-3-1-2-4-8(7)10(9)12(15)16;1-2(3)4/h1-6H,(H,13,14)(H,15,16);1H3,(H,3,4). The maximum Gasteiger partial charge on any atom is 0.337 e. The SMILES string of the molecule is CC(=O)O.O=C(O)c1ccc2ccccc2c1C(=O)O. The lowest BCUT2D eigenvalue weighted by Gasteiger charge is -2.05. The molecule has 0 amide bonds. The molecule has 0 atom stereocenters. The van der Waals surface area contributed by atoms with Crippen molar-refractivity contribution < 1.29 is 29.7 Å². The van der Waals surface area contributed by atoms with Crippen LogP contribution in [0.4, 0.5) is 0 Å². The Kier molecular flexibility index (Phi) is 4.80. The number of hydrogen-bond acceptors (Lipinski definition) is 3. The van der Waals surface area contributed by atoms with Gasteiger partial charge in [0.25, 0.3) is 5.97 Å². The summed E-state index contributed by atoms with van der Waals surface area (Å²) >= 11 is 0. The molecule has 20 heavy (non-hydrogen) atoms. The molecule has 0 bridgehead atoms. The van der Waals surface area contributed by atoms with E-state index in [4.69, 9.17) is 20.1 Å². The third-order valence-corrected chi connectivity index (χ3v) is 2.37. The Hall–Kier alpha value is -2.89.